The molecule has 0 saturated carbocycles. The van der Waals surface area contributed by atoms with Crippen LogP contribution >= 0.6 is 0 Å². The molecule has 0 aliphatic rings. The maximum Gasteiger partial charge on any atom is 0.315 e. The Kier molecular flexibility index (Phi) is 6.87. The number of ether oxygens (including phenoxy) is 1. The van der Waals surface area contributed by atoms with Crippen molar-refractivity contribution >= 4 is 6.03 Å². The largest absolute Gasteiger partial charge is 0.491 e. The number of urea groups is 1. The molecular weight excluding hydrogens is 256 g/mol. The van der Waals surface area contributed by atoms with Gasteiger partial charge in [-0.2, -0.15) is 0 Å². The summed E-state index contributed by atoms with van der Waals surface area (Å²) in [5.41, 5.74) is 1.14. The lowest BCUT2D eigenvalue weighted by Crippen LogP contribution is -2.43. The molecule has 0 aromatic heterocycles. The van der Waals surface area contributed by atoms with Crippen LogP contribution in [0.5, 0.6) is 5.75 Å². The summed E-state index contributed by atoms with van der Waals surface area (Å²) >= 11 is 0. The van der Waals surface area contributed by atoms with Crippen molar-refractivity contribution in [3.63, 3.8) is 0 Å². The summed E-state index contributed by atoms with van der Waals surface area (Å²) < 4.78 is 5.61. The highest BCUT2D eigenvalue weighted by molar-refractivity contribution is 5.74. The van der Waals surface area contributed by atoms with Crippen molar-refractivity contribution < 1.29 is 14.6 Å². The van der Waals surface area contributed by atoms with E-state index in [1.807, 2.05) is 38.1 Å². The minimum absolute atomic E-state index is 0.0953. The van der Waals surface area contributed by atoms with E-state index in [2.05, 4.69) is 10.6 Å². The van der Waals surface area contributed by atoms with Crippen LogP contribution in [0.3, 0.4) is 0 Å². The summed E-state index contributed by atoms with van der Waals surface area (Å²) in [6.45, 7) is 6.44. The lowest BCUT2D eigenvalue weighted by atomic mass is 10.2. The number of nitrogens with one attached hydrogen (secondary N) is 2. The molecule has 0 spiro atoms. The Labute approximate surface area is 120 Å². The fourth-order valence-electron chi connectivity index (χ4n) is 1.64. The van der Waals surface area contributed by atoms with Crippen molar-refractivity contribution in [3.8, 4) is 5.75 Å². The molecule has 112 valence electrons. The zero-order valence-corrected chi connectivity index (χ0v) is 12.3. The summed E-state index contributed by atoms with van der Waals surface area (Å²) in [5.74, 6) is 0.799. The third kappa shape index (κ3) is 6.99. The molecule has 20 heavy (non-hydrogen) atoms. The quantitative estimate of drug-likeness (QED) is 0.713. The van der Waals surface area contributed by atoms with Crippen LogP contribution < -0.4 is 15.4 Å². The zero-order valence-electron chi connectivity index (χ0n) is 12.3. The van der Waals surface area contributed by atoms with Gasteiger partial charge in [0.25, 0.3) is 0 Å². The summed E-state index contributed by atoms with van der Waals surface area (Å²) in [7, 11) is 0. The minimum atomic E-state index is -0.405. The predicted molar refractivity (Wildman–Crippen MR) is 79.0 cm³/mol. The van der Waals surface area contributed by atoms with Crippen molar-refractivity contribution in [1.29, 1.82) is 0 Å². The normalized spacial score (nSPS) is 13.4. The molecule has 0 bridgehead atoms. The SMILES string of the molecule is Cc1cccc(OCC(C)NC(=O)NCCC(C)O)c1. The topological polar surface area (TPSA) is 70.6 Å². The first-order chi connectivity index (χ1) is 9.47. The first-order valence-electron chi connectivity index (χ1n) is 6.89. The minimum Gasteiger partial charge on any atom is -0.491 e. The van der Waals surface area contributed by atoms with Gasteiger partial charge in [-0.05, 0) is 44.9 Å². The van der Waals surface area contributed by atoms with E-state index < -0.39 is 6.10 Å². The van der Waals surface area contributed by atoms with Gasteiger partial charge in [-0.1, -0.05) is 12.1 Å². The van der Waals surface area contributed by atoms with E-state index >= 15 is 0 Å². The van der Waals surface area contributed by atoms with Crippen LogP contribution in [-0.2, 0) is 0 Å². The van der Waals surface area contributed by atoms with Crippen LogP contribution in [-0.4, -0.2) is 36.4 Å². The van der Waals surface area contributed by atoms with Crippen LogP contribution in [0.25, 0.3) is 0 Å². The molecule has 5 nitrogen and oxygen atoms in total. The molecule has 5 heteroatoms. The maximum atomic E-state index is 11.5. The van der Waals surface area contributed by atoms with Crippen LogP contribution in [0.15, 0.2) is 24.3 Å². The van der Waals surface area contributed by atoms with Gasteiger partial charge < -0.3 is 20.5 Å². The average molecular weight is 280 g/mol. The van der Waals surface area contributed by atoms with Gasteiger partial charge in [0.1, 0.15) is 12.4 Å². The highest BCUT2D eigenvalue weighted by Crippen LogP contribution is 2.12. The number of hydrogen-bond donors (Lipinski definition) is 3. The molecule has 3 N–H and O–H groups in total. The van der Waals surface area contributed by atoms with Gasteiger partial charge in [0, 0.05) is 6.54 Å². The second-order valence-electron chi connectivity index (χ2n) is 5.07. The van der Waals surface area contributed by atoms with Gasteiger partial charge in [-0.25, -0.2) is 4.79 Å². The Balaban J connectivity index is 2.22. The van der Waals surface area contributed by atoms with E-state index in [0.29, 0.717) is 19.6 Å². The summed E-state index contributed by atoms with van der Waals surface area (Å²) in [4.78, 5) is 11.5. The molecule has 0 fully saturated rings. The summed E-state index contributed by atoms with van der Waals surface area (Å²) in [6, 6.07) is 7.45. The molecule has 0 aliphatic heterocycles. The van der Waals surface area contributed by atoms with Crippen molar-refractivity contribution in [1.82, 2.24) is 10.6 Å². The first-order valence-corrected chi connectivity index (χ1v) is 6.89. The monoisotopic (exact) mass is 280 g/mol. The molecule has 0 heterocycles. The van der Waals surface area contributed by atoms with Crippen LogP contribution in [0, 0.1) is 6.92 Å². The van der Waals surface area contributed by atoms with E-state index in [1.165, 1.54) is 0 Å². The number of amides is 2. The maximum absolute atomic E-state index is 11.5. The smallest absolute Gasteiger partial charge is 0.315 e. The molecule has 2 atom stereocenters. The number of aliphatic hydroxyl groups is 1. The van der Waals surface area contributed by atoms with E-state index in [9.17, 15) is 4.79 Å². The lowest BCUT2D eigenvalue weighted by molar-refractivity contribution is 0.182. The molecule has 2 unspecified atom stereocenters. The second kappa shape index (κ2) is 8.43. The standard InChI is InChI=1S/C15H24N2O3/c1-11-5-4-6-14(9-11)20-10-12(2)17-15(19)16-8-7-13(3)18/h4-6,9,12-13,18H,7-8,10H2,1-3H3,(H2,16,17,19). The van der Waals surface area contributed by atoms with Crippen molar-refractivity contribution in [2.24, 2.45) is 0 Å². The van der Waals surface area contributed by atoms with E-state index in [1.54, 1.807) is 6.92 Å². The highest BCUT2D eigenvalue weighted by atomic mass is 16.5. The van der Waals surface area contributed by atoms with E-state index in [0.717, 1.165) is 11.3 Å². The Bertz CT molecular complexity index is 421. The van der Waals surface area contributed by atoms with Gasteiger partial charge in [-0.3, -0.25) is 0 Å². The Hall–Kier alpha value is -1.75. The van der Waals surface area contributed by atoms with Crippen LogP contribution in [0.1, 0.15) is 25.8 Å². The Morgan fingerprint density at radius 1 is 1.40 bits per heavy atom. The van der Waals surface area contributed by atoms with Gasteiger partial charge in [-0.15, -0.1) is 0 Å². The van der Waals surface area contributed by atoms with Crippen LogP contribution in [0.2, 0.25) is 0 Å². The third-order valence-electron chi connectivity index (χ3n) is 2.71. The van der Waals surface area contributed by atoms with Crippen molar-refractivity contribution in [2.75, 3.05) is 13.2 Å². The number of carbonyl (C=O) groups excluding carboxylic acids is 1. The molecule has 1 aromatic rings. The van der Waals surface area contributed by atoms with Crippen LogP contribution in [0.4, 0.5) is 4.79 Å². The Morgan fingerprint density at radius 3 is 2.80 bits per heavy atom. The molecule has 1 rings (SSSR count). The number of benzene rings is 1. The summed E-state index contributed by atoms with van der Waals surface area (Å²) in [5, 5.41) is 14.6. The molecule has 1 aromatic carbocycles. The van der Waals surface area contributed by atoms with Gasteiger partial charge in [0.15, 0.2) is 0 Å². The Morgan fingerprint density at radius 2 is 2.15 bits per heavy atom. The van der Waals surface area contributed by atoms with Crippen molar-refractivity contribution in [2.45, 2.75) is 39.3 Å². The highest BCUT2D eigenvalue weighted by Gasteiger charge is 2.08. The van der Waals surface area contributed by atoms with Gasteiger partial charge >= 0.3 is 6.03 Å². The predicted octanol–water partition coefficient (Wildman–Crippen LogP) is 1.83. The molecule has 0 aliphatic carbocycles. The lowest BCUT2D eigenvalue weighted by Gasteiger charge is -2.16. The van der Waals surface area contributed by atoms with Gasteiger partial charge in [0.2, 0.25) is 0 Å². The second-order valence-corrected chi connectivity index (χ2v) is 5.07. The average Bonchev–Trinajstić information content (AvgIpc) is 2.36. The molecule has 2 amide bonds. The number of carbonyl (C=O) groups is 1. The number of hydrogen-bond acceptors (Lipinski definition) is 3. The number of rotatable bonds is 7. The number of aliphatic hydroxyl groups excluding tert-OH is 1. The third-order valence-corrected chi connectivity index (χ3v) is 2.71. The molecule has 0 radical (unpaired) electrons. The first kappa shape index (κ1) is 16.3. The van der Waals surface area contributed by atoms with E-state index in [-0.39, 0.29) is 12.1 Å². The summed E-state index contributed by atoms with van der Waals surface area (Å²) in [6.07, 6.45) is 0.138. The van der Waals surface area contributed by atoms with Gasteiger partial charge in [0.05, 0.1) is 12.1 Å². The van der Waals surface area contributed by atoms with Crippen molar-refractivity contribution in [3.05, 3.63) is 29.8 Å². The van der Waals surface area contributed by atoms with E-state index in [4.69, 9.17) is 9.84 Å². The molecular formula is C15H24N2O3. The number of aryl methyl sites for hydroxylation is 1. The zero-order chi connectivity index (χ0) is 15.0. The fraction of sp³-hybridized carbons (Fsp3) is 0.533. The fourth-order valence-corrected chi connectivity index (χ4v) is 1.64. The molecule has 0 saturated heterocycles.